The van der Waals surface area contributed by atoms with Crippen molar-refractivity contribution in [1.29, 1.82) is 0 Å². The van der Waals surface area contributed by atoms with Crippen molar-refractivity contribution in [2.45, 2.75) is 18.2 Å². The standard InChI is InChI=1S/C17H20N2O3S/c1-14(20)18-10-5-11-19(13-12-18)23(21,22)17-9-4-7-15-6-2-3-8-16(15)17/h2-4,6-9H,5,10-13H2,1H3. The highest BCUT2D eigenvalue weighted by Gasteiger charge is 2.28. The zero-order valence-electron chi connectivity index (χ0n) is 13.1. The Hall–Kier alpha value is -1.92. The molecule has 6 heteroatoms. The van der Waals surface area contributed by atoms with Gasteiger partial charge in [0.25, 0.3) is 0 Å². The minimum Gasteiger partial charge on any atom is -0.342 e. The number of nitrogens with zero attached hydrogens (tertiary/aromatic N) is 2. The first-order chi connectivity index (χ1) is 11.0. The Bertz CT molecular complexity index is 827. The summed E-state index contributed by atoms with van der Waals surface area (Å²) in [7, 11) is -3.57. The molecule has 2 aromatic carbocycles. The molecule has 0 saturated carbocycles. The van der Waals surface area contributed by atoms with Crippen LogP contribution in [0.25, 0.3) is 10.8 Å². The molecule has 0 bridgehead atoms. The summed E-state index contributed by atoms with van der Waals surface area (Å²) < 4.78 is 27.6. The third kappa shape index (κ3) is 3.09. The van der Waals surface area contributed by atoms with Gasteiger partial charge in [0.1, 0.15) is 0 Å². The second-order valence-corrected chi connectivity index (χ2v) is 7.65. The molecule has 0 atom stereocenters. The molecular weight excluding hydrogens is 312 g/mol. The van der Waals surface area contributed by atoms with Crippen molar-refractivity contribution in [2.24, 2.45) is 0 Å². The minimum absolute atomic E-state index is 0.00518. The van der Waals surface area contributed by atoms with Gasteiger partial charge in [0.15, 0.2) is 0 Å². The van der Waals surface area contributed by atoms with E-state index in [1.807, 2.05) is 30.3 Å². The molecule has 1 saturated heterocycles. The predicted octanol–water partition coefficient (Wildman–Crippen LogP) is 2.08. The summed E-state index contributed by atoms with van der Waals surface area (Å²) in [6, 6.07) is 12.8. The third-order valence-electron chi connectivity index (χ3n) is 4.27. The van der Waals surface area contributed by atoms with Crippen molar-refractivity contribution in [3.8, 4) is 0 Å². The lowest BCUT2D eigenvalue weighted by Gasteiger charge is -2.21. The Morgan fingerprint density at radius 1 is 0.957 bits per heavy atom. The molecule has 1 amide bonds. The largest absolute Gasteiger partial charge is 0.342 e. The number of amides is 1. The predicted molar refractivity (Wildman–Crippen MR) is 89.6 cm³/mol. The van der Waals surface area contributed by atoms with Crippen LogP contribution in [0.5, 0.6) is 0 Å². The van der Waals surface area contributed by atoms with Crippen LogP contribution in [0.4, 0.5) is 0 Å². The minimum atomic E-state index is -3.57. The van der Waals surface area contributed by atoms with Gasteiger partial charge >= 0.3 is 0 Å². The van der Waals surface area contributed by atoms with Crippen LogP contribution in [0.15, 0.2) is 47.4 Å². The maximum absolute atomic E-state index is 13.1. The molecule has 0 radical (unpaired) electrons. The summed E-state index contributed by atoms with van der Waals surface area (Å²) in [5.41, 5.74) is 0. The molecule has 1 fully saturated rings. The van der Waals surface area contributed by atoms with Gasteiger partial charge in [-0.25, -0.2) is 8.42 Å². The van der Waals surface area contributed by atoms with Gasteiger partial charge in [-0.3, -0.25) is 4.79 Å². The maximum atomic E-state index is 13.1. The molecule has 5 nitrogen and oxygen atoms in total. The molecule has 3 rings (SSSR count). The molecule has 122 valence electrons. The smallest absolute Gasteiger partial charge is 0.243 e. The summed E-state index contributed by atoms with van der Waals surface area (Å²) in [6.45, 7) is 3.35. The fourth-order valence-corrected chi connectivity index (χ4v) is 4.69. The monoisotopic (exact) mass is 332 g/mol. The van der Waals surface area contributed by atoms with E-state index in [-0.39, 0.29) is 5.91 Å². The number of benzene rings is 2. The van der Waals surface area contributed by atoms with Crippen molar-refractivity contribution in [1.82, 2.24) is 9.21 Å². The molecule has 0 unspecified atom stereocenters. The highest BCUT2D eigenvalue weighted by Crippen LogP contribution is 2.26. The summed E-state index contributed by atoms with van der Waals surface area (Å²) in [6.07, 6.45) is 0.656. The average Bonchev–Trinajstić information content (AvgIpc) is 2.81. The average molecular weight is 332 g/mol. The van der Waals surface area contributed by atoms with E-state index in [9.17, 15) is 13.2 Å². The third-order valence-corrected chi connectivity index (χ3v) is 6.22. The van der Waals surface area contributed by atoms with Crippen LogP contribution in [0.2, 0.25) is 0 Å². The van der Waals surface area contributed by atoms with Gasteiger partial charge in [-0.2, -0.15) is 4.31 Å². The Kier molecular flexibility index (Phi) is 4.37. The van der Waals surface area contributed by atoms with Crippen LogP contribution >= 0.6 is 0 Å². The van der Waals surface area contributed by atoms with Crippen molar-refractivity contribution in [3.05, 3.63) is 42.5 Å². The summed E-state index contributed by atoms with van der Waals surface area (Å²) in [5.74, 6) is -0.00518. The molecule has 1 heterocycles. The van der Waals surface area contributed by atoms with E-state index in [2.05, 4.69) is 0 Å². The normalized spacial score (nSPS) is 17.2. The van der Waals surface area contributed by atoms with Crippen LogP contribution in [0.1, 0.15) is 13.3 Å². The van der Waals surface area contributed by atoms with Gasteiger partial charge in [0.2, 0.25) is 15.9 Å². The van der Waals surface area contributed by atoms with Gasteiger partial charge < -0.3 is 4.90 Å². The van der Waals surface area contributed by atoms with Gasteiger partial charge in [0.05, 0.1) is 4.90 Å². The molecule has 23 heavy (non-hydrogen) atoms. The highest BCUT2D eigenvalue weighted by molar-refractivity contribution is 7.89. The van der Waals surface area contributed by atoms with Crippen molar-refractivity contribution in [3.63, 3.8) is 0 Å². The second-order valence-electron chi connectivity index (χ2n) is 5.74. The van der Waals surface area contributed by atoms with Gasteiger partial charge in [-0.1, -0.05) is 36.4 Å². The number of sulfonamides is 1. The first-order valence-electron chi connectivity index (χ1n) is 7.73. The van der Waals surface area contributed by atoms with Crippen LogP contribution in [-0.4, -0.2) is 49.7 Å². The lowest BCUT2D eigenvalue weighted by atomic mass is 10.1. The lowest BCUT2D eigenvalue weighted by molar-refractivity contribution is -0.128. The van der Waals surface area contributed by atoms with Crippen LogP contribution in [0.3, 0.4) is 0 Å². The van der Waals surface area contributed by atoms with Crippen molar-refractivity contribution >= 4 is 26.7 Å². The van der Waals surface area contributed by atoms with E-state index < -0.39 is 10.0 Å². The fourth-order valence-electron chi connectivity index (χ4n) is 3.01. The van der Waals surface area contributed by atoms with E-state index in [1.54, 1.807) is 17.0 Å². The molecular formula is C17H20N2O3S. The van der Waals surface area contributed by atoms with Crippen molar-refractivity contribution < 1.29 is 13.2 Å². The SMILES string of the molecule is CC(=O)N1CCCN(S(=O)(=O)c2cccc3ccccc23)CC1. The summed E-state index contributed by atoms with van der Waals surface area (Å²) in [5, 5.41) is 1.65. The molecule has 2 aromatic rings. The van der Waals surface area contributed by atoms with Crippen LogP contribution < -0.4 is 0 Å². The maximum Gasteiger partial charge on any atom is 0.243 e. The van der Waals surface area contributed by atoms with Gasteiger partial charge in [-0.05, 0) is 17.9 Å². The second kappa shape index (κ2) is 6.29. The first kappa shape index (κ1) is 16.0. The number of carbonyl (C=O) groups excluding carboxylic acids is 1. The topological polar surface area (TPSA) is 57.7 Å². The summed E-state index contributed by atoms with van der Waals surface area (Å²) >= 11 is 0. The van der Waals surface area contributed by atoms with Crippen LogP contribution in [-0.2, 0) is 14.8 Å². The zero-order valence-corrected chi connectivity index (χ0v) is 13.9. The summed E-state index contributed by atoms with van der Waals surface area (Å²) in [4.78, 5) is 13.6. The number of fused-ring (bicyclic) bond motifs is 1. The van der Waals surface area contributed by atoms with E-state index in [1.165, 1.54) is 11.2 Å². The molecule has 1 aliphatic heterocycles. The van der Waals surface area contributed by atoms with Gasteiger partial charge in [0, 0.05) is 38.5 Å². The Labute approximate surface area is 136 Å². The lowest BCUT2D eigenvalue weighted by Crippen LogP contribution is -2.36. The number of hydrogen-bond acceptors (Lipinski definition) is 3. The molecule has 1 aliphatic rings. The Morgan fingerprint density at radius 2 is 1.70 bits per heavy atom. The van der Waals surface area contributed by atoms with E-state index in [0.29, 0.717) is 37.5 Å². The molecule has 0 N–H and O–H groups in total. The highest BCUT2D eigenvalue weighted by atomic mass is 32.2. The Balaban J connectivity index is 1.96. The molecule has 0 aromatic heterocycles. The Morgan fingerprint density at radius 3 is 2.48 bits per heavy atom. The quantitative estimate of drug-likeness (QED) is 0.846. The molecule has 0 spiro atoms. The van der Waals surface area contributed by atoms with E-state index >= 15 is 0 Å². The van der Waals surface area contributed by atoms with Crippen LogP contribution in [0, 0.1) is 0 Å². The number of carbonyl (C=O) groups is 1. The number of rotatable bonds is 2. The van der Waals surface area contributed by atoms with Crippen molar-refractivity contribution in [2.75, 3.05) is 26.2 Å². The van der Waals surface area contributed by atoms with Gasteiger partial charge in [-0.15, -0.1) is 0 Å². The van der Waals surface area contributed by atoms with E-state index in [0.717, 1.165) is 10.8 Å². The fraction of sp³-hybridized carbons (Fsp3) is 0.353. The first-order valence-corrected chi connectivity index (χ1v) is 9.17. The molecule has 0 aliphatic carbocycles. The van der Waals surface area contributed by atoms with E-state index in [4.69, 9.17) is 0 Å². The zero-order chi connectivity index (χ0) is 16.4. The number of hydrogen-bond donors (Lipinski definition) is 0.